The smallest absolute Gasteiger partial charge is 0.110 e. The van der Waals surface area contributed by atoms with Gasteiger partial charge in [-0.25, -0.2) is 4.98 Å². The molecule has 0 radical (unpaired) electrons. The maximum absolute atomic E-state index is 4.49. The average Bonchev–Trinajstić information content (AvgIpc) is 2.87. The van der Waals surface area contributed by atoms with E-state index in [1.165, 1.54) is 12.2 Å². The number of imidazole rings is 1. The second kappa shape index (κ2) is 9.10. The minimum Gasteiger partial charge on any atom is -0.335 e. The van der Waals surface area contributed by atoms with Crippen LogP contribution in [0.2, 0.25) is 0 Å². The summed E-state index contributed by atoms with van der Waals surface area (Å²) < 4.78 is 2.24. The van der Waals surface area contributed by atoms with E-state index >= 15 is 0 Å². The van der Waals surface area contributed by atoms with Gasteiger partial charge in [-0.1, -0.05) is 20.8 Å². The first-order chi connectivity index (χ1) is 9.24. The highest BCUT2D eigenvalue weighted by molar-refractivity contribution is 4.95. The topological polar surface area (TPSA) is 33.1 Å². The zero-order chi connectivity index (χ0) is 14.1. The van der Waals surface area contributed by atoms with Gasteiger partial charge in [0.05, 0.1) is 0 Å². The van der Waals surface area contributed by atoms with Crippen LogP contribution in [0.1, 0.15) is 39.9 Å². The molecule has 4 nitrogen and oxygen atoms in total. The van der Waals surface area contributed by atoms with Gasteiger partial charge in [0, 0.05) is 31.4 Å². The van der Waals surface area contributed by atoms with E-state index in [1.54, 1.807) is 0 Å². The fourth-order valence-electron chi connectivity index (χ4n) is 2.48. The van der Waals surface area contributed by atoms with Gasteiger partial charge in [-0.2, -0.15) is 0 Å². The third-order valence-corrected chi connectivity index (χ3v) is 3.75. The molecule has 0 aliphatic heterocycles. The Bertz CT molecular complexity index is 331. The second-order valence-corrected chi connectivity index (χ2v) is 4.90. The monoisotopic (exact) mass is 266 g/mol. The van der Waals surface area contributed by atoms with Crippen molar-refractivity contribution >= 4 is 0 Å². The molecule has 1 rings (SSSR count). The fourth-order valence-corrected chi connectivity index (χ4v) is 2.48. The third-order valence-electron chi connectivity index (χ3n) is 3.75. The molecule has 0 saturated heterocycles. The summed E-state index contributed by atoms with van der Waals surface area (Å²) in [4.78, 5) is 6.97. The summed E-state index contributed by atoms with van der Waals surface area (Å²) in [5.74, 6) is 1.20. The lowest BCUT2D eigenvalue weighted by molar-refractivity contribution is 0.280. The highest BCUT2D eigenvalue weighted by Gasteiger charge is 2.13. The van der Waals surface area contributed by atoms with E-state index in [4.69, 9.17) is 0 Å². The van der Waals surface area contributed by atoms with Gasteiger partial charge in [-0.05, 0) is 39.5 Å². The Labute approximate surface area is 118 Å². The Hall–Kier alpha value is -0.870. The molecule has 0 spiro atoms. The molecule has 0 amide bonds. The van der Waals surface area contributed by atoms with Crippen molar-refractivity contribution < 1.29 is 0 Å². The molecule has 0 fully saturated rings. The van der Waals surface area contributed by atoms with Gasteiger partial charge in [0.1, 0.15) is 5.82 Å². The van der Waals surface area contributed by atoms with E-state index in [-0.39, 0.29) is 0 Å². The fraction of sp³-hybridized carbons (Fsp3) is 0.800. The van der Waals surface area contributed by atoms with Crippen LogP contribution in [0.4, 0.5) is 0 Å². The number of nitrogens with one attached hydrogen (secondary N) is 1. The van der Waals surface area contributed by atoms with E-state index in [2.05, 4.69) is 53.7 Å². The minimum atomic E-state index is 0.526. The van der Waals surface area contributed by atoms with Crippen molar-refractivity contribution in [3.8, 4) is 0 Å². The van der Waals surface area contributed by atoms with E-state index in [0.717, 1.165) is 39.1 Å². The molecule has 19 heavy (non-hydrogen) atoms. The van der Waals surface area contributed by atoms with Crippen LogP contribution in [0.3, 0.4) is 0 Å². The molecular formula is C15H30N4. The Balaban J connectivity index is 2.52. The second-order valence-electron chi connectivity index (χ2n) is 4.90. The quantitative estimate of drug-likeness (QED) is 0.704. The summed E-state index contributed by atoms with van der Waals surface area (Å²) in [5, 5.41) is 3.60. The van der Waals surface area contributed by atoms with Crippen LogP contribution in [0.5, 0.6) is 0 Å². The van der Waals surface area contributed by atoms with Gasteiger partial charge in [-0.15, -0.1) is 0 Å². The van der Waals surface area contributed by atoms with Crippen molar-refractivity contribution in [3.05, 3.63) is 18.2 Å². The molecule has 4 heteroatoms. The van der Waals surface area contributed by atoms with Crippen molar-refractivity contribution in [1.29, 1.82) is 0 Å². The number of likely N-dealkylation sites (N-methyl/N-ethyl adjacent to an activating group) is 1. The van der Waals surface area contributed by atoms with E-state index in [9.17, 15) is 0 Å². The first-order valence-electron chi connectivity index (χ1n) is 7.70. The molecule has 1 aromatic heterocycles. The lowest BCUT2D eigenvalue weighted by atomic mass is 10.1. The third kappa shape index (κ3) is 5.33. The van der Waals surface area contributed by atoms with Crippen molar-refractivity contribution in [3.63, 3.8) is 0 Å². The van der Waals surface area contributed by atoms with Crippen LogP contribution in [0, 0.1) is 0 Å². The van der Waals surface area contributed by atoms with Gasteiger partial charge < -0.3 is 14.8 Å². The number of hydrogen-bond donors (Lipinski definition) is 1. The number of rotatable bonds is 10. The van der Waals surface area contributed by atoms with Gasteiger partial charge in [-0.3, -0.25) is 0 Å². The van der Waals surface area contributed by atoms with Gasteiger partial charge in [0.2, 0.25) is 0 Å². The first kappa shape index (κ1) is 16.2. The summed E-state index contributed by atoms with van der Waals surface area (Å²) >= 11 is 0. The maximum atomic E-state index is 4.49. The molecule has 0 saturated carbocycles. The molecule has 1 unspecified atom stereocenters. The van der Waals surface area contributed by atoms with Crippen LogP contribution < -0.4 is 5.32 Å². The van der Waals surface area contributed by atoms with Crippen molar-refractivity contribution in [2.24, 2.45) is 0 Å². The predicted molar refractivity (Wildman–Crippen MR) is 81.5 cm³/mol. The number of hydrogen-bond acceptors (Lipinski definition) is 3. The van der Waals surface area contributed by atoms with Crippen LogP contribution in [0.25, 0.3) is 0 Å². The van der Waals surface area contributed by atoms with E-state index in [0.29, 0.717) is 6.04 Å². The zero-order valence-corrected chi connectivity index (χ0v) is 13.0. The van der Waals surface area contributed by atoms with E-state index in [1.807, 2.05) is 6.20 Å². The minimum absolute atomic E-state index is 0.526. The summed E-state index contributed by atoms with van der Waals surface area (Å²) in [6, 6.07) is 0.526. The molecular weight excluding hydrogens is 236 g/mol. The van der Waals surface area contributed by atoms with Crippen molar-refractivity contribution in [1.82, 2.24) is 19.8 Å². The molecule has 1 heterocycles. The summed E-state index contributed by atoms with van der Waals surface area (Å²) in [7, 11) is 0. The number of aromatic nitrogens is 2. The standard InChI is InChI=1S/C15H30N4/c1-5-16-14(9-11-18(6-2)7-3)13-15-17-10-12-19(15)8-4/h10,12,14,16H,5-9,11,13H2,1-4H3. The van der Waals surface area contributed by atoms with Crippen molar-refractivity contribution in [2.75, 3.05) is 26.2 Å². The van der Waals surface area contributed by atoms with Gasteiger partial charge >= 0.3 is 0 Å². The first-order valence-corrected chi connectivity index (χ1v) is 7.70. The highest BCUT2D eigenvalue weighted by Crippen LogP contribution is 2.06. The predicted octanol–water partition coefficient (Wildman–Crippen LogP) is 2.16. The molecule has 1 atom stereocenters. The zero-order valence-electron chi connectivity index (χ0n) is 13.0. The number of aryl methyl sites for hydroxylation is 1. The van der Waals surface area contributed by atoms with E-state index < -0.39 is 0 Å². The van der Waals surface area contributed by atoms with Crippen LogP contribution in [0.15, 0.2) is 12.4 Å². The van der Waals surface area contributed by atoms with Gasteiger partial charge in [0.25, 0.3) is 0 Å². The van der Waals surface area contributed by atoms with Crippen LogP contribution >= 0.6 is 0 Å². The Morgan fingerprint density at radius 2 is 2.00 bits per heavy atom. The Kier molecular flexibility index (Phi) is 7.75. The SMILES string of the molecule is CCNC(CCN(CC)CC)Cc1nccn1CC. The largest absolute Gasteiger partial charge is 0.335 e. The number of nitrogens with zero attached hydrogens (tertiary/aromatic N) is 3. The van der Waals surface area contributed by atoms with Crippen LogP contribution in [-0.2, 0) is 13.0 Å². The molecule has 0 bridgehead atoms. The Morgan fingerprint density at radius 3 is 2.58 bits per heavy atom. The molecule has 0 aliphatic rings. The molecule has 0 aliphatic carbocycles. The lowest BCUT2D eigenvalue weighted by Gasteiger charge is -2.23. The lowest BCUT2D eigenvalue weighted by Crippen LogP contribution is -2.36. The Morgan fingerprint density at radius 1 is 1.26 bits per heavy atom. The average molecular weight is 266 g/mol. The molecule has 110 valence electrons. The van der Waals surface area contributed by atoms with Gasteiger partial charge in [0.15, 0.2) is 0 Å². The molecule has 0 aromatic carbocycles. The van der Waals surface area contributed by atoms with Crippen LogP contribution in [-0.4, -0.2) is 46.7 Å². The highest BCUT2D eigenvalue weighted by atomic mass is 15.1. The molecule has 1 N–H and O–H groups in total. The summed E-state index contributed by atoms with van der Waals surface area (Å²) in [6.07, 6.45) is 6.19. The molecule has 1 aromatic rings. The normalized spacial score (nSPS) is 13.1. The maximum Gasteiger partial charge on any atom is 0.110 e. The summed E-state index contributed by atoms with van der Waals surface area (Å²) in [6.45, 7) is 14.3. The van der Waals surface area contributed by atoms with Crippen molar-refractivity contribution in [2.45, 2.75) is 53.1 Å². The summed E-state index contributed by atoms with van der Waals surface area (Å²) in [5.41, 5.74) is 0.